The standard InChI is InChI=1S/C25H32N4O5/c1-25(2,3)34-24(32)28-21(20-6-4-5-11-26-20)16-23(31)27-17-22(30)18-7-9-19(10-8-18)29-12-14-33-15-13-29/h4-11,21H,12-17H2,1-3H3,(H,27,31)(H,28,32). The van der Waals surface area contributed by atoms with Crippen molar-refractivity contribution in [3.63, 3.8) is 0 Å². The molecule has 1 atom stereocenters. The Kier molecular flexibility index (Phi) is 8.59. The van der Waals surface area contributed by atoms with Crippen molar-refractivity contribution in [2.45, 2.75) is 38.8 Å². The third-order valence-corrected chi connectivity index (χ3v) is 5.14. The van der Waals surface area contributed by atoms with Crippen LogP contribution < -0.4 is 15.5 Å². The molecule has 1 saturated heterocycles. The maximum atomic E-state index is 12.6. The average molecular weight is 469 g/mol. The van der Waals surface area contributed by atoms with E-state index in [9.17, 15) is 14.4 Å². The largest absolute Gasteiger partial charge is 0.444 e. The second kappa shape index (κ2) is 11.6. The predicted octanol–water partition coefficient (Wildman–Crippen LogP) is 2.87. The van der Waals surface area contributed by atoms with Crippen LogP contribution in [0.3, 0.4) is 0 Å². The summed E-state index contributed by atoms with van der Waals surface area (Å²) in [4.78, 5) is 43.9. The molecular formula is C25H32N4O5. The van der Waals surface area contributed by atoms with Crippen LogP contribution in [0.15, 0.2) is 48.7 Å². The van der Waals surface area contributed by atoms with Crippen LogP contribution in [0.4, 0.5) is 10.5 Å². The van der Waals surface area contributed by atoms with Crippen molar-refractivity contribution in [1.82, 2.24) is 15.6 Å². The lowest BCUT2D eigenvalue weighted by Gasteiger charge is -2.28. The van der Waals surface area contributed by atoms with E-state index in [1.165, 1.54) is 0 Å². The molecule has 9 heteroatoms. The summed E-state index contributed by atoms with van der Waals surface area (Å²) in [6.07, 6.45) is 0.855. The summed E-state index contributed by atoms with van der Waals surface area (Å²) in [6.45, 7) is 8.15. The van der Waals surface area contributed by atoms with Crippen LogP contribution in [0.2, 0.25) is 0 Å². The molecular weight excluding hydrogens is 436 g/mol. The average Bonchev–Trinajstić information content (AvgIpc) is 2.82. The number of amides is 2. The van der Waals surface area contributed by atoms with Gasteiger partial charge in [0.25, 0.3) is 0 Å². The molecule has 182 valence electrons. The van der Waals surface area contributed by atoms with Crippen molar-refractivity contribution in [2.24, 2.45) is 0 Å². The second-order valence-corrected chi connectivity index (χ2v) is 9.00. The van der Waals surface area contributed by atoms with Gasteiger partial charge in [-0.2, -0.15) is 0 Å². The van der Waals surface area contributed by atoms with Crippen LogP contribution in [-0.2, 0) is 14.3 Å². The SMILES string of the molecule is CC(C)(C)OC(=O)NC(CC(=O)NCC(=O)c1ccc(N2CCOCC2)cc1)c1ccccn1. The summed E-state index contributed by atoms with van der Waals surface area (Å²) < 4.78 is 10.7. The van der Waals surface area contributed by atoms with Crippen molar-refractivity contribution < 1.29 is 23.9 Å². The van der Waals surface area contributed by atoms with E-state index in [2.05, 4.69) is 20.5 Å². The number of anilines is 1. The minimum atomic E-state index is -0.695. The highest BCUT2D eigenvalue weighted by atomic mass is 16.6. The maximum absolute atomic E-state index is 12.6. The van der Waals surface area contributed by atoms with Gasteiger partial charge in [-0.05, 0) is 57.2 Å². The summed E-state index contributed by atoms with van der Waals surface area (Å²) in [5.74, 6) is -0.582. The van der Waals surface area contributed by atoms with Gasteiger partial charge >= 0.3 is 6.09 Å². The molecule has 0 aliphatic carbocycles. The zero-order valence-corrected chi connectivity index (χ0v) is 19.9. The monoisotopic (exact) mass is 468 g/mol. The number of ketones is 1. The van der Waals surface area contributed by atoms with Crippen LogP contribution in [0.25, 0.3) is 0 Å². The van der Waals surface area contributed by atoms with Gasteiger partial charge in [-0.15, -0.1) is 0 Å². The van der Waals surface area contributed by atoms with Crippen molar-refractivity contribution >= 4 is 23.5 Å². The number of hydrogen-bond acceptors (Lipinski definition) is 7. The number of ether oxygens (including phenoxy) is 2. The number of pyridine rings is 1. The van der Waals surface area contributed by atoms with Gasteiger partial charge in [0, 0.05) is 30.5 Å². The molecule has 0 bridgehead atoms. The molecule has 0 saturated carbocycles. The van der Waals surface area contributed by atoms with E-state index in [0.29, 0.717) is 24.5 Å². The van der Waals surface area contributed by atoms with E-state index in [-0.39, 0.29) is 24.7 Å². The molecule has 34 heavy (non-hydrogen) atoms. The zero-order valence-electron chi connectivity index (χ0n) is 19.9. The van der Waals surface area contributed by atoms with Crippen molar-refractivity contribution in [3.8, 4) is 0 Å². The van der Waals surface area contributed by atoms with E-state index < -0.39 is 17.7 Å². The van der Waals surface area contributed by atoms with Gasteiger partial charge in [0.2, 0.25) is 5.91 Å². The van der Waals surface area contributed by atoms with E-state index in [1.807, 2.05) is 12.1 Å². The molecule has 1 aromatic carbocycles. The Labute approximate surface area is 199 Å². The lowest BCUT2D eigenvalue weighted by molar-refractivity contribution is -0.121. The first-order valence-electron chi connectivity index (χ1n) is 11.3. The molecule has 2 heterocycles. The number of carbonyl (C=O) groups is 3. The molecule has 2 aromatic rings. The van der Waals surface area contributed by atoms with Gasteiger partial charge in [-0.25, -0.2) is 4.79 Å². The predicted molar refractivity (Wildman–Crippen MR) is 128 cm³/mol. The number of aromatic nitrogens is 1. The number of rotatable bonds is 8. The molecule has 0 radical (unpaired) electrons. The Balaban J connectivity index is 1.55. The molecule has 2 amide bonds. The molecule has 1 aromatic heterocycles. The van der Waals surface area contributed by atoms with Gasteiger partial charge in [0.1, 0.15) is 5.60 Å². The van der Waals surface area contributed by atoms with Crippen LogP contribution in [0, 0.1) is 0 Å². The summed E-state index contributed by atoms with van der Waals surface area (Å²) in [7, 11) is 0. The number of carbonyl (C=O) groups excluding carboxylic acids is 3. The fourth-order valence-electron chi connectivity index (χ4n) is 3.48. The van der Waals surface area contributed by atoms with Crippen LogP contribution in [0.5, 0.6) is 0 Å². The van der Waals surface area contributed by atoms with Crippen molar-refractivity contribution in [1.29, 1.82) is 0 Å². The third-order valence-electron chi connectivity index (χ3n) is 5.14. The number of benzene rings is 1. The zero-order chi connectivity index (χ0) is 24.6. The third kappa shape index (κ3) is 7.84. The van der Waals surface area contributed by atoms with Gasteiger partial charge in [-0.3, -0.25) is 14.6 Å². The Morgan fingerprint density at radius 3 is 2.41 bits per heavy atom. The minimum Gasteiger partial charge on any atom is -0.444 e. The van der Waals surface area contributed by atoms with E-state index >= 15 is 0 Å². The molecule has 1 fully saturated rings. The number of alkyl carbamates (subject to hydrolysis) is 1. The molecule has 2 N–H and O–H groups in total. The van der Waals surface area contributed by atoms with E-state index in [0.717, 1.165) is 18.8 Å². The molecule has 1 aliphatic rings. The fraction of sp³-hybridized carbons (Fsp3) is 0.440. The fourth-order valence-corrected chi connectivity index (χ4v) is 3.48. The highest BCUT2D eigenvalue weighted by Gasteiger charge is 2.23. The van der Waals surface area contributed by atoms with Crippen LogP contribution >= 0.6 is 0 Å². The first-order chi connectivity index (χ1) is 16.2. The van der Waals surface area contributed by atoms with E-state index in [4.69, 9.17) is 9.47 Å². The number of nitrogens with one attached hydrogen (secondary N) is 2. The number of hydrogen-bond donors (Lipinski definition) is 2. The topological polar surface area (TPSA) is 110 Å². The lowest BCUT2D eigenvalue weighted by atomic mass is 10.1. The van der Waals surface area contributed by atoms with Crippen LogP contribution in [0.1, 0.15) is 49.3 Å². The van der Waals surface area contributed by atoms with Crippen molar-refractivity contribution in [3.05, 3.63) is 59.9 Å². The van der Waals surface area contributed by atoms with E-state index in [1.54, 1.807) is 57.3 Å². The summed E-state index contributed by atoms with van der Waals surface area (Å²) in [5.41, 5.74) is 1.40. The Morgan fingerprint density at radius 1 is 1.09 bits per heavy atom. The number of nitrogens with zero attached hydrogens (tertiary/aromatic N) is 2. The molecule has 0 spiro atoms. The molecule has 3 rings (SSSR count). The van der Waals surface area contributed by atoms with Gasteiger partial charge in [0.15, 0.2) is 5.78 Å². The Morgan fingerprint density at radius 2 is 1.79 bits per heavy atom. The summed E-state index contributed by atoms with van der Waals surface area (Å²) in [6, 6.07) is 11.9. The summed E-state index contributed by atoms with van der Waals surface area (Å²) >= 11 is 0. The first kappa shape index (κ1) is 25.2. The molecule has 9 nitrogen and oxygen atoms in total. The molecule has 1 aliphatic heterocycles. The maximum Gasteiger partial charge on any atom is 0.408 e. The minimum absolute atomic E-state index is 0.0838. The Hall–Kier alpha value is -3.46. The number of morpholine rings is 1. The van der Waals surface area contributed by atoms with Gasteiger partial charge in [0.05, 0.1) is 37.9 Å². The smallest absolute Gasteiger partial charge is 0.408 e. The normalized spacial score (nSPS) is 14.7. The molecule has 1 unspecified atom stereocenters. The second-order valence-electron chi connectivity index (χ2n) is 9.00. The Bertz CT molecular complexity index is 967. The highest BCUT2D eigenvalue weighted by Crippen LogP contribution is 2.18. The number of Topliss-reactive ketones (excluding diaryl/α,β-unsaturated/α-hetero) is 1. The van der Waals surface area contributed by atoms with Gasteiger partial charge in [-0.1, -0.05) is 6.07 Å². The van der Waals surface area contributed by atoms with Crippen LogP contribution in [-0.4, -0.2) is 61.2 Å². The first-order valence-corrected chi connectivity index (χ1v) is 11.3. The quantitative estimate of drug-likeness (QED) is 0.573. The highest BCUT2D eigenvalue weighted by molar-refractivity contribution is 5.99. The lowest BCUT2D eigenvalue weighted by Crippen LogP contribution is -2.38. The van der Waals surface area contributed by atoms with Crippen molar-refractivity contribution in [2.75, 3.05) is 37.7 Å². The van der Waals surface area contributed by atoms with Gasteiger partial charge < -0.3 is 25.0 Å². The summed E-state index contributed by atoms with van der Waals surface area (Å²) in [5, 5.41) is 5.34.